The van der Waals surface area contributed by atoms with Crippen molar-refractivity contribution in [1.29, 1.82) is 0 Å². The standard InChI is InChI=1S/C20H25N5/c1-5-17-18(6-1)22-19(15-7-9-21-10-8-15)23-20(17)25-13-3-12-24-11-2-4-16(24)14-25/h7-10,16H,1-6,11-14H2. The lowest BCUT2D eigenvalue weighted by Gasteiger charge is -2.28. The molecule has 0 radical (unpaired) electrons. The molecule has 5 heteroatoms. The summed E-state index contributed by atoms with van der Waals surface area (Å²) in [5.74, 6) is 2.08. The summed E-state index contributed by atoms with van der Waals surface area (Å²) in [6.45, 7) is 4.76. The minimum absolute atomic E-state index is 0.707. The number of nitrogens with zero attached hydrogens (tertiary/aromatic N) is 5. The highest BCUT2D eigenvalue weighted by molar-refractivity contribution is 5.61. The Morgan fingerprint density at radius 2 is 1.80 bits per heavy atom. The number of aromatic nitrogens is 3. The van der Waals surface area contributed by atoms with E-state index in [2.05, 4.69) is 14.8 Å². The molecule has 0 N–H and O–H groups in total. The second-order valence-corrected chi connectivity index (χ2v) is 7.52. The lowest BCUT2D eigenvalue weighted by Crippen LogP contribution is -2.37. The molecular formula is C20H25N5. The maximum atomic E-state index is 5.06. The number of hydrogen-bond donors (Lipinski definition) is 0. The fourth-order valence-corrected chi connectivity index (χ4v) is 4.70. The molecule has 25 heavy (non-hydrogen) atoms. The number of rotatable bonds is 2. The first kappa shape index (κ1) is 15.3. The van der Waals surface area contributed by atoms with Gasteiger partial charge in [0.15, 0.2) is 5.82 Å². The van der Waals surface area contributed by atoms with E-state index < -0.39 is 0 Å². The van der Waals surface area contributed by atoms with Gasteiger partial charge in [-0.25, -0.2) is 9.97 Å². The van der Waals surface area contributed by atoms with Gasteiger partial charge < -0.3 is 4.90 Å². The Bertz CT molecular complexity index is 760. The predicted molar refractivity (Wildman–Crippen MR) is 98.7 cm³/mol. The number of hydrogen-bond acceptors (Lipinski definition) is 5. The maximum absolute atomic E-state index is 5.06. The first-order valence-corrected chi connectivity index (χ1v) is 9.68. The Labute approximate surface area is 149 Å². The Morgan fingerprint density at radius 3 is 2.72 bits per heavy atom. The molecule has 0 amide bonds. The normalized spacial score (nSPS) is 23.4. The molecule has 5 rings (SSSR count). The van der Waals surface area contributed by atoms with Crippen LogP contribution in [0.25, 0.3) is 11.4 Å². The number of pyridine rings is 1. The molecule has 2 saturated heterocycles. The molecule has 0 bridgehead atoms. The van der Waals surface area contributed by atoms with Crippen LogP contribution in [0.3, 0.4) is 0 Å². The molecule has 5 nitrogen and oxygen atoms in total. The van der Waals surface area contributed by atoms with Gasteiger partial charge in [0.2, 0.25) is 0 Å². The molecule has 2 fully saturated rings. The minimum atomic E-state index is 0.707. The molecule has 0 spiro atoms. The third-order valence-electron chi connectivity index (χ3n) is 5.95. The molecule has 4 heterocycles. The minimum Gasteiger partial charge on any atom is -0.355 e. The van der Waals surface area contributed by atoms with Crippen LogP contribution in [0.1, 0.15) is 36.9 Å². The zero-order chi connectivity index (χ0) is 16.6. The molecule has 2 aromatic heterocycles. The van der Waals surface area contributed by atoms with E-state index in [0.717, 1.165) is 37.3 Å². The fraction of sp³-hybridized carbons (Fsp3) is 0.550. The highest BCUT2D eigenvalue weighted by atomic mass is 15.3. The summed E-state index contributed by atoms with van der Waals surface area (Å²) >= 11 is 0. The summed E-state index contributed by atoms with van der Waals surface area (Å²) in [5.41, 5.74) is 3.75. The van der Waals surface area contributed by atoms with Crippen molar-refractivity contribution < 1.29 is 0 Å². The van der Waals surface area contributed by atoms with Crippen LogP contribution in [0.15, 0.2) is 24.5 Å². The van der Waals surface area contributed by atoms with Crippen LogP contribution in [0, 0.1) is 0 Å². The highest BCUT2D eigenvalue weighted by Gasteiger charge is 2.31. The van der Waals surface area contributed by atoms with E-state index in [1.54, 1.807) is 0 Å². The largest absolute Gasteiger partial charge is 0.355 e. The Kier molecular flexibility index (Phi) is 3.89. The van der Waals surface area contributed by atoms with Crippen LogP contribution in [-0.2, 0) is 12.8 Å². The van der Waals surface area contributed by atoms with Gasteiger partial charge in [0.25, 0.3) is 0 Å². The molecule has 1 unspecified atom stereocenters. The quantitative estimate of drug-likeness (QED) is 0.844. The summed E-state index contributed by atoms with van der Waals surface area (Å²) in [5, 5.41) is 0. The SMILES string of the molecule is c1cc(-c2nc3c(c(N4CCCN5CCCC5C4)n2)CCC3)ccn1. The first-order chi connectivity index (χ1) is 12.4. The van der Waals surface area contributed by atoms with Gasteiger partial charge in [0.05, 0.1) is 0 Å². The van der Waals surface area contributed by atoms with Crippen molar-refractivity contribution in [3.8, 4) is 11.4 Å². The summed E-state index contributed by atoms with van der Waals surface area (Å²) < 4.78 is 0. The van der Waals surface area contributed by atoms with E-state index in [4.69, 9.17) is 9.97 Å². The molecule has 130 valence electrons. The second-order valence-electron chi connectivity index (χ2n) is 7.52. The van der Waals surface area contributed by atoms with Crippen LogP contribution < -0.4 is 4.90 Å². The third kappa shape index (κ3) is 2.80. The van der Waals surface area contributed by atoms with Crippen molar-refractivity contribution in [1.82, 2.24) is 19.9 Å². The van der Waals surface area contributed by atoms with Crippen molar-refractivity contribution in [2.75, 3.05) is 31.1 Å². The summed E-state index contributed by atoms with van der Waals surface area (Å²) in [4.78, 5) is 19.3. The maximum Gasteiger partial charge on any atom is 0.161 e. The van der Waals surface area contributed by atoms with Crippen molar-refractivity contribution in [2.45, 2.75) is 44.6 Å². The Balaban J connectivity index is 1.54. The van der Waals surface area contributed by atoms with E-state index in [1.807, 2.05) is 24.5 Å². The summed E-state index contributed by atoms with van der Waals surface area (Å²) in [7, 11) is 0. The molecule has 3 aliphatic rings. The topological polar surface area (TPSA) is 45.2 Å². The number of aryl methyl sites for hydroxylation is 1. The van der Waals surface area contributed by atoms with Gasteiger partial charge >= 0.3 is 0 Å². The molecule has 2 aliphatic heterocycles. The Morgan fingerprint density at radius 1 is 0.920 bits per heavy atom. The second kappa shape index (κ2) is 6.37. The van der Waals surface area contributed by atoms with E-state index in [9.17, 15) is 0 Å². The lowest BCUT2D eigenvalue weighted by molar-refractivity contribution is 0.273. The van der Waals surface area contributed by atoms with Gasteiger partial charge in [0, 0.05) is 54.9 Å². The smallest absolute Gasteiger partial charge is 0.161 e. The molecular weight excluding hydrogens is 310 g/mol. The van der Waals surface area contributed by atoms with Crippen molar-refractivity contribution in [2.24, 2.45) is 0 Å². The van der Waals surface area contributed by atoms with E-state index >= 15 is 0 Å². The molecule has 1 aliphatic carbocycles. The van der Waals surface area contributed by atoms with E-state index in [-0.39, 0.29) is 0 Å². The van der Waals surface area contributed by atoms with E-state index in [0.29, 0.717) is 6.04 Å². The van der Waals surface area contributed by atoms with Crippen LogP contribution in [0.5, 0.6) is 0 Å². The van der Waals surface area contributed by atoms with Crippen LogP contribution in [0.2, 0.25) is 0 Å². The van der Waals surface area contributed by atoms with Gasteiger partial charge in [-0.15, -0.1) is 0 Å². The van der Waals surface area contributed by atoms with Gasteiger partial charge in [-0.1, -0.05) is 0 Å². The van der Waals surface area contributed by atoms with Crippen LogP contribution >= 0.6 is 0 Å². The summed E-state index contributed by atoms with van der Waals surface area (Å²) in [6, 6.07) is 4.74. The van der Waals surface area contributed by atoms with Crippen molar-refractivity contribution in [3.05, 3.63) is 35.8 Å². The van der Waals surface area contributed by atoms with E-state index in [1.165, 1.54) is 55.8 Å². The zero-order valence-electron chi connectivity index (χ0n) is 14.7. The average molecular weight is 335 g/mol. The number of anilines is 1. The van der Waals surface area contributed by atoms with Gasteiger partial charge in [-0.3, -0.25) is 9.88 Å². The molecule has 0 aromatic carbocycles. The average Bonchev–Trinajstić information content (AvgIpc) is 3.26. The van der Waals surface area contributed by atoms with Crippen LogP contribution in [0.4, 0.5) is 5.82 Å². The number of fused-ring (bicyclic) bond motifs is 2. The fourth-order valence-electron chi connectivity index (χ4n) is 4.70. The first-order valence-electron chi connectivity index (χ1n) is 9.68. The lowest BCUT2D eigenvalue weighted by atomic mass is 10.1. The molecule has 0 saturated carbocycles. The molecule has 2 aromatic rings. The van der Waals surface area contributed by atoms with Gasteiger partial charge in [-0.05, 0) is 57.2 Å². The van der Waals surface area contributed by atoms with Crippen molar-refractivity contribution >= 4 is 5.82 Å². The van der Waals surface area contributed by atoms with Gasteiger partial charge in [-0.2, -0.15) is 0 Å². The van der Waals surface area contributed by atoms with Crippen molar-refractivity contribution in [3.63, 3.8) is 0 Å². The van der Waals surface area contributed by atoms with Crippen LogP contribution in [-0.4, -0.2) is 52.1 Å². The molecule has 1 atom stereocenters. The Hall–Kier alpha value is -2.01. The predicted octanol–water partition coefficient (Wildman–Crippen LogP) is 2.70. The monoisotopic (exact) mass is 335 g/mol. The highest BCUT2D eigenvalue weighted by Crippen LogP contribution is 2.33. The zero-order valence-corrected chi connectivity index (χ0v) is 14.7. The third-order valence-corrected chi connectivity index (χ3v) is 5.95. The summed E-state index contributed by atoms with van der Waals surface area (Å²) in [6.07, 6.45) is 11.0. The van der Waals surface area contributed by atoms with Gasteiger partial charge in [0.1, 0.15) is 5.82 Å².